The molecule has 5 N–H and O–H groups in total. The number of benzene rings is 2. The summed E-state index contributed by atoms with van der Waals surface area (Å²) >= 11 is 0. The summed E-state index contributed by atoms with van der Waals surface area (Å²) in [6, 6.07) is 10.3. The Morgan fingerprint density at radius 1 is 1.10 bits per heavy atom. The molecule has 0 fully saturated rings. The predicted octanol–water partition coefficient (Wildman–Crippen LogP) is 2.41. The average molecular weight is 415 g/mol. The first-order valence-electron chi connectivity index (χ1n) is 8.65. The molecule has 8 nitrogen and oxygen atoms in total. The van der Waals surface area contributed by atoms with Gasteiger partial charge in [-0.05, 0) is 53.4 Å². The minimum absolute atomic E-state index is 0.0264. The van der Waals surface area contributed by atoms with Gasteiger partial charge in [0.15, 0.2) is 11.3 Å². The lowest BCUT2D eigenvalue weighted by atomic mass is 9.86. The Morgan fingerprint density at radius 2 is 1.72 bits per heavy atom. The van der Waals surface area contributed by atoms with E-state index in [0.717, 1.165) is 5.56 Å². The number of amides is 1. The number of primary amides is 1. The van der Waals surface area contributed by atoms with Gasteiger partial charge in [-0.25, -0.2) is 18.5 Å². The van der Waals surface area contributed by atoms with Crippen LogP contribution >= 0.6 is 0 Å². The Hall–Kier alpha value is -3.17. The summed E-state index contributed by atoms with van der Waals surface area (Å²) in [5.41, 5.74) is 6.50. The topological polar surface area (TPSA) is 149 Å². The van der Waals surface area contributed by atoms with E-state index in [-0.39, 0.29) is 32.8 Å². The van der Waals surface area contributed by atoms with Crippen LogP contribution in [0.15, 0.2) is 56.8 Å². The molecular weight excluding hydrogens is 394 g/mol. The van der Waals surface area contributed by atoms with Gasteiger partial charge in [-0.2, -0.15) is 0 Å². The summed E-state index contributed by atoms with van der Waals surface area (Å²) in [5, 5.41) is 16.0. The summed E-state index contributed by atoms with van der Waals surface area (Å²) < 4.78 is 28.4. The molecular formula is C20H21N3O5S. The highest BCUT2D eigenvalue weighted by molar-refractivity contribution is 7.89. The molecule has 0 aliphatic carbocycles. The van der Waals surface area contributed by atoms with Gasteiger partial charge in [0.1, 0.15) is 5.56 Å². The number of phenols is 1. The number of sulfonamides is 1. The van der Waals surface area contributed by atoms with Crippen molar-refractivity contribution in [1.82, 2.24) is 0 Å². The van der Waals surface area contributed by atoms with Crippen molar-refractivity contribution in [1.29, 1.82) is 0 Å². The fourth-order valence-corrected chi connectivity index (χ4v) is 3.26. The van der Waals surface area contributed by atoms with Crippen LogP contribution in [0.5, 0.6) is 5.75 Å². The largest absolute Gasteiger partial charge is 0.504 e. The second kappa shape index (κ2) is 7.02. The lowest BCUT2D eigenvalue weighted by Crippen LogP contribution is -2.22. The zero-order valence-corrected chi connectivity index (χ0v) is 16.9. The lowest BCUT2D eigenvalue weighted by Gasteiger charge is -2.19. The van der Waals surface area contributed by atoms with Crippen LogP contribution in [0.25, 0.3) is 11.0 Å². The van der Waals surface area contributed by atoms with E-state index in [0.29, 0.717) is 11.1 Å². The second-order valence-corrected chi connectivity index (χ2v) is 9.21. The van der Waals surface area contributed by atoms with Crippen LogP contribution in [0.3, 0.4) is 0 Å². The van der Waals surface area contributed by atoms with Crippen molar-refractivity contribution < 1.29 is 22.7 Å². The summed E-state index contributed by atoms with van der Waals surface area (Å²) in [5.74, 6) is -0.847. The minimum Gasteiger partial charge on any atom is -0.504 e. The van der Waals surface area contributed by atoms with Crippen LogP contribution < -0.4 is 16.4 Å². The van der Waals surface area contributed by atoms with Crippen molar-refractivity contribution in [2.24, 2.45) is 15.9 Å². The lowest BCUT2D eigenvalue weighted by molar-refractivity contribution is 0.0996. The van der Waals surface area contributed by atoms with Gasteiger partial charge >= 0.3 is 0 Å². The van der Waals surface area contributed by atoms with E-state index in [4.69, 9.17) is 15.3 Å². The molecule has 1 amide bonds. The van der Waals surface area contributed by atoms with Crippen LogP contribution in [0.2, 0.25) is 0 Å². The molecule has 1 aromatic heterocycles. The summed E-state index contributed by atoms with van der Waals surface area (Å²) in [7, 11) is -3.84. The van der Waals surface area contributed by atoms with E-state index in [1.165, 1.54) is 30.3 Å². The van der Waals surface area contributed by atoms with Crippen LogP contribution in [0.4, 0.5) is 5.69 Å². The van der Waals surface area contributed by atoms with Crippen molar-refractivity contribution in [3.05, 3.63) is 59.1 Å². The molecule has 0 bridgehead atoms. The van der Waals surface area contributed by atoms with Gasteiger partial charge in [0, 0.05) is 5.39 Å². The van der Waals surface area contributed by atoms with Gasteiger partial charge in [-0.15, -0.1) is 0 Å². The Bertz CT molecular complexity index is 1280. The zero-order chi connectivity index (χ0) is 21.6. The molecule has 3 rings (SSSR count). The van der Waals surface area contributed by atoms with Gasteiger partial charge in [0.25, 0.3) is 5.91 Å². The number of nitrogens with zero attached hydrogens (tertiary/aromatic N) is 1. The third kappa shape index (κ3) is 4.30. The molecule has 29 heavy (non-hydrogen) atoms. The molecule has 0 saturated heterocycles. The normalized spacial score (nSPS) is 13.0. The van der Waals surface area contributed by atoms with Gasteiger partial charge in [-0.3, -0.25) is 4.79 Å². The van der Waals surface area contributed by atoms with Gasteiger partial charge < -0.3 is 15.3 Å². The minimum atomic E-state index is -3.84. The van der Waals surface area contributed by atoms with Crippen LogP contribution in [0.1, 0.15) is 36.7 Å². The third-order valence-corrected chi connectivity index (χ3v) is 5.28. The second-order valence-electron chi connectivity index (χ2n) is 7.64. The highest BCUT2D eigenvalue weighted by atomic mass is 32.2. The van der Waals surface area contributed by atoms with E-state index in [1.54, 1.807) is 6.07 Å². The smallest absolute Gasteiger partial charge is 0.254 e. The molecule has 0 aliphatic heterocycles. The maximum atomic E-state index is 12.0. The number of nitrogens with two attached hydrogens (primary N) is 2. The van der Waals surface area contributed by atoms with Crippen molar-refractivity contribution in [3.63, 3.8) is 0 Å². The number of phenolic OH excluding ortho intramolecular Hbond substituents is 1. The van der Waals surface area contributed by atoms with E-state index >= 15 is 0 Å². The highest BCUT2D eigenvalue weighted by Crippen LogP contribution is 2.32. The third-order valence-electron chi connectivity index (χ3n) is 4.35. The van der Waals surface area contributed by atoms with E-state index in [9.17, 15) is 18.3 Å². The maximum Gasteiger partial charge on any atom is 0.254 e. The monoisotopic (exact) mass is 415 g/mol. The molecule has 0 radical (unpaired) electrons. The summed E-state index contributed by atoms with van der Waals surface area (Å²) in [4.78, 5) is 16.1. The quantitative estimate of drug-likeness (QED) is 0.600. The molecule has 0 unspecified atom stereocenters. The van der Waals surface area contributed by atoms with Crippen molar-refractivity contribution in [2.45, 2.75) is 31.1 Å². The Kier molecular flexibility index (Phi) is 4.97. The zero-order valence-electron chi connectivity index (χ0n) is 16.1. The van der Waals surface area contributed by atoms with Gasteiger partial charge in [0.05, 0.1) is 10.6 Å². The molecule has 0 atom stereocenters. The number of hydrogen-bond acceptors (Lipinski definition) is 6. The van der Waals surface area contributed by atoms with Crippen molar-refractivity contribution in [2.75, 3.05) is 0 Å². The Morgan fingerprint density at radius 3 is 2.24 bits per heavy atom. The van der Waals surface area contributed by atoms with Crippen molar-refractivity contribution >= 4 is 32.6 Å². The molecule has 0 saturated carbocycles. The maximum absolute atomic E-state index is 12.0. The van der Waals surface area contributed by atoms with Crippen LogP contribution in [-0.2, 0) is 15.4 Å². The molecule has 3 aromatic rings. The SMILES string of the molecule is CC(C)(C)c1cc(O)c2oc(=Nc3ccc(S(N)(=O)=O)cc3)c(C(N)=O)cc2c1. The average Bonchev–Trinajstić information content (AvgIpc) is 2.60. The summed E-state index contributed by atoms with van der Waals surface area (Å²) in [6.07, 6.45) is 0. The standard InChI is InChI=1S/C20H21N3O5S/c1-20(2,3)12-8-11-9-15(18(21)25)19(28-17(11)16(24)10-12)23-13-4-6-14(7-5-13)29(22,26)27/h4-10,24H,1-3H3,(H2,21,25)(H2,22,26,27). The van der Waals surface area contributed by atoms with Crippen LogP contribution in [-0.4, -0.2) is 19.4 Å². The van der Waals surface area contributed by atoms with E-state index < -0.39 is 15.9 Å². The fourth-order valence-electron chi connectivity index (χ4n) is 2.74. The number of carbonyl (C=O) groups excluding carboxylic acids is 1. The Labute approximate surface area is 167 Å². The number of aromatic hydroxyl groups is 1. The van der Waals surface area contributed by atoms with E-state index in [1.807, 2.05) is 26.8 Å². The number of hydrogen-bond donors (Lipinski definition) is 3. The number of carbonyl (C=O) groups is 1. The first-order chi connectivity index (χ1) is 13.4. The molecule has 1 heterocycles. The van der Waals surface area contributed by atoms with Crippen molar-refractivity contribution in [3.8, 4) is 5.75 Å². The van der Waals surface area contributed by atoms with Crippen LogP contribution in [0, 0.1) is 0 Å². The molecule has 9 heteroatoms. The van der Waals surface area contributed by atoms with Gasteiger partial charge in [-0.1, -0.05) is 20.8 Å². The first kappa shape index (κ1) is 20.6. The molecule has 0 spiro atoms. The fraction of sp³-hybridized carbons (Fsp3) is 0.200. The van der Waals surface area contributed by atoms with E-state index in [2.05, 4.69) is 4.99 Å². The summed E-state index contributed by atoms with van der Waals surface area (Å²) in [6.45, 7) is 5.98. The number of rotatable bonds is 3. The molecule has 152 valence electrons. The molecule has 0 aliphatic rings. The number of primary sulfonamides is 1. The highest BCUT2D eigenvalue weighted by Gasteiger charge is 2.19. The molecule has 2 aromatic carbocycles. The predicted molar refractivity (Wildman–Crippen MR) is 108 cm³/mol. The Balaban J connectivity index is 2.24. The van der Waals surface area contributed by atoms with Gasteiger partial charge in [0.2, 0.25) is 15.6 Å². The first-order valence-corrected chi connectivity index (χ1v) is 10.2. The number of fused-ring (bicyclic) bond motifs is 1.